The van der Waals surface area contributed by atoms with Gasteiger partial charge in [-0.15, -0.1) is 0 Å². The molecule has 0 saturated carbocycles. The lowest BCUT2D eigenvalue weighted by molar-refractivity contribution is -0.170. The van der Waals surface area contributed by atoms with Crippen molar-refractivity contribution in [2.45, 2.75) is 87.4 Å². The van der Waals surface area contributed by atoms with E-state index in [2.05, 4.69) is 0 Å². The SMILES string of the molecule is CCC(C)C(OS(=O)(=O)CC)C(C)OC(=O)COC(=O)C(C)(C)CC(C)(C)C. The zero-order chi connectivity index (χ0) is 22.3. The van der Waals surface area contributed by atoms with E-state index in [9.17, 15) is 18.0 Å². The fraction of sp³-hybridized carbons (Fsp3) is 0.900. The molecule has 8 heteroatoms. The Kier molecular flexibility index (Phi) is 10.1. The predicted octanol–water partition coefficient (Wildman–Crippen LogP) is 3.70. The Balaban J connectivity index is 4.88. The van der Waals surface area contributed by atoms with Gasteiger partial charge in [-0.05, 0) is 45.4 Å². The van der Waals surface area contributed by atoms with Gasteiger partial charge in [0.2, 0.25) is 0 Å². The molecule has 166 valence electrons. The summed E-state index contributed by atoms with van der Waals surface area (Å²) in [6.07, 6.45) is -0.345. The van der Waals surface area contributed by atoms with Crippen molar-refractivity contribution >= 4 is 22.1 Å². The van der Waals surface area contributed by atoms with Crippen LogP contribution in [0.15, 0.2) is 0 Å². The van der Waals surface area contributed by atoms with Crippen molar-refractivity contribution in [3.05, 3.63) is 0 Å². The Morgan fingerprint density at radius 3 is 1.96 bits per heavy atom. The summed E-state index contributed by atoms with van der Waals surface area (Å²) in [6, 6.07) is 0. The lowest BCUT2D eigenvalue weighted by Gasteiger charge is -2.30. The summed E-state index contributed by atoms with van der Waals surface area (Å²) in [6.45, 7) is 15.9. The quantitative estimate of drug-likeness (QED) is 0.370. The lowest BCUT2D eigenvalue weighted by atomic mass is 9.76. The molecule has 0 aromatic carbocycles. The van der Waals surface area contributed by atoms with Crippen LogP contribution in [-0.2, 0) is 33.4 Å². The smallest absolute Gasteiger partial charge is 0.344 e. The van der Waals surface area contributed by atoms with Gasteiger partial charge in [0, 0.05) is 0 Å². The minimum Gasteiger partial charge on any atom is -0.457 e. The first-order chi connectivity index (χ1) is 12.5. The van der Waals surface area contributed by atoms with Crippen molar-refractivity contribution in [1.29, 1.82) is 0 Å². The first-order valence-electron chi connectivity index (χ1n) is 9.82. The van der Waals surface area contributed by atoms with E-state index >= 15 is 0 Å². The number of carbonyl (C=O) groups is 2. The van der Waals surface area contributed by atoms with Crippen LogP contribution in [0.3, 0.4) is 0 Å². The summed E-state index contributed by atoms with van der Waals surface area (Å²) < 4.78 is 39.3. The molecule has 0 bridgehead atoms. The lowest BCUT2D eigenvalue weighted by Crippen LogP contribution is -2.39. The Hall–Kier alpha value is -1.15. The van der Waals surface area contributed by atoms with Gasteiger partial charge in [0.1, 0.15) is 12.2 Å². The average molecular weight is 423 g/mol. The van der Waals surface area contributed by atoms with E-state index in [4.69, 9.17) is 13.7 Å². The van der Waals surface area contributed by atoms with Crippen molar-refractivity contribution < 1.29 is 31.7 Å². The molecule has 0 rings (SSSR count). The molecule has 0 aromatic rings. The topological polar surface area (TPSA) is 96.0 Å². The van der Waals surface area contributed by atoms with E-state index in [1.807, 2.05) is 34.6 Å². The molecule has 0 N–H and O–H groups in total. The third kappa shape index (κ3) is 9.87. The van der Waals surface area contributed by atoms with Gasteiger partial charge in [0.25, 0.3) is 10.1 Å². The highest BCUT2D eigenvalue weighted by molar-refractivity contribution is 7.86. The first kappa shape index (κ1) is 26.9. The number of hydrogen-bond acceptors (Lipinski definition) is 7. The van der Waals surface area contributed by atoms with Gasteiger partial charge in [-0.3, -0.25) is 8.98 Å². The predicted molar refractivity (Wildman–Crippen MR) is 108 cm³/mol. The molecule has 0 spiro atoms. The van der Waals surface area contributed by atoms with E-state index < -0.39 is 46.3 Å². The van der Waals surface area contributed by atoms with Crippen LogP contribution < -0.4 is 0 Å². The molecule has 0 aliphatic carbocycles. The van der Waals surface area contributed by atoms with Crippen molar-refractivity contribution in [3.8, 4) is 0 Å². The van der Waals surface area contributed by atoms with Crippen LogP contribution in [0.4, 0.5) is 0 Å². The highest BCUT2D eigenvalue weighted by Gasteiger charge is 2.35. The molecule has 0 saturated heterocycles. The van der Waals surface area contributed by atoms with Crippen LogP contribution >= 0.6 is 0 Å². The summed E-state index contributed by atoms with van der Waals surface area (Å²) in [4.78, 5) is 24.4. The Bertz CT molecular complexity index is 617. The normalized spacial score (nSPS) is 16.2. The number of esters is 2. The Morgan fingerprint density at radius 1 is 1.00 bits per heavy atom. The van der Waals surface area contributed by atoms with Crippen molar-refractivity contribution in [3.63, 3.8) is 0 Å². The molecule has 0 amide bonds. The van der Waals surface area contributed by atoms with Gasteiger partial charge in [-0.25, -0.2) is 4.79 Å². The molecule has 0 aromatic heterocycles. The molecule has 0 aliphatic rings. The largest absolute Gasteiger partial charge is 0.457 e. The molecule has 0 radical (unpaired) electrons. The van der Waals surface area contributed by atoms with Crippen molar-refractivity contribution in [1.82, 2.24) is 0 Å². The fourth-order valence-corrected chi connectivity index (χ4v) is 3.95. The Morgan fingerprint density at radius 2 is 1.54 bits per heavy atom. The van der Waals surface area contributed by atoms with Gasteiger partial charge >= 0.3 is 11.9 Å². The minimum atomic E-state index is -3.69. The zero-order valence-electron chi connectivity index (χ0n) is 18.8. The summed E-state index contributed by atoms with van der Waals surface area (Å²) >= 11 is 0. The molecule has 3 unspecified atom stereocenters. The van der Waals surface area contributed by atoms with Crippen LogP contribution in [0.5, 0.6) is 0 Å². The zero-order valence-corrected chi connectivity index (χ0v) is 19.6. The maximum Gasteiger partial charge on any atom is 0.344 e. The minimum absolute atomic E-state index is 0.0663. The first-order valence-corrected chi connectivity index (χ1v) is 11.4. The summed E-state index contributed by atoms with van der Waals surface area (Å²) in [5, 5.41) is 0. The van der Waals surface area contributed by atoms with Gasteiger partial charge in [-0.2, -0.15) is 8.42 Å². The standard InChI is InChI=1S/C20H38O7S/c1-10-14(3)17(27-28(23,24)11-2)15(4)26-16(21)12-25-18(22)20(8,9)13-19(5,6)7/h14-15,17H,10-13H2,1-9H3. The van der Waals surface area contributed by atoms with E-state index in [-0.39, 0.29) is 17.1 Å². The second-order valence-electron chi connectivity index (χ2n) is 9.19. The molecule has 0 fully saturated rings. The van der Waals surface area contributed by atoms with Crippen molar-refractivity contribution in [2.24, 2.45) is 16.7 Å². The monoisotopic (exact) mass is 422 g/mol. The molecular weight excluding hydrogens is 384 g/mol. The molecule has 0 aliphatic heterocycles. The molecule has 7 nitrogen and oxygen atoms in total. The number of carbonyl (C=O) groups excluding carboxylic acids is 2. The molecular formula is C20H38O7S. The van der Waals surface area contributed by atoms with E-state index in [0.717, 1.165) is 0 Å². The fourth-order valence-electron chi connectivity index (χ4n) is 3.13. The van der Waals surface area contributed by atoms with E-state index in [1.165, 1.54) is 6.92 Å². The average Bonchev–Trinajstić information content (AvgIpc) is 2.54. The van der Waals surface area contributed by atoms with E-state index in [0.29, 0.717) is 12.8 Å². The number of ether oxygens (including phenoxy) is 2. The maximum absolute atomic E-state index is 12.3. The van der Waals surface area contributed by atoms with Gasteiger partial charge < -0.3 is 9.47 Å². The molecule has 0 heterocycles. The number of rotatable bonds is 11. The maximum atomic E-state index is 12.3. The highest BCUT2D eigenvalue weighted by Crippen LogP contribution is 2.34. The van der Waals surface area contributed by atoms with Gasteiger partial charge in [0.05, 0.1) is 11.2 Å². The van der Waals surface area contributed by atoms with Crippen LogP contribution in [0, 0.1) is 16.7 Å². The van der Waals surface area contributed by atoms with Crippen LogP contribution in [0.1, 0.15) is 75.2 Å². The van der Waals surface area contributed by atoms with Crippen LogP contribution in [0.25, 0.3) is 0 Å². The highest BCUT2D eigenvalue weighted by atomic mass is 32.2. The second kappa shape index (κ2) is 10.6. The second-order valence-corrected chi connectivity index (χ2v) is 11.1. The van der Waals surface area contributed by atoms with Gasteiger partial charge in [-0.1, -0.05) is 41.0 Å². The molecule has 28 heavy (non-hydrogen) atoms. The van der Waals surface area contributed by atoms with Crippen LogP contribution in [-0.4, -0.2) is 44.9 Å². The Labute approximate surface area is 170 Å². The summed E-state index contributed by atoms with van der Waals surface area (Å²) in [7, 11) is -3.69. The summed E-state index contributed by atoms with van der Waals surface area (Å²) in [5.74, 6) is -1.52. The van der Waals surface area contributed by atoms with Gasteiger partial charge in [0.15, 0.2) is 6.61 Å². The van der Waals surface area contributed by atoms with Crippen LogP contribution in [0.2, 0.25) is 0 Å². The van der Waals surface area contributed by atoms with E-state index in [1.54, 1.807) is 20.8 Å². The number of hydrogen-bond donors (Lipinski definition) is 0. The van der Waals surface area contributed by atoms with Crippen molar-refractivity contribution in [2.75, 3.05) is 12.4 Å². The third-order valence-corrected chi connectivity index (χ3v) is 5.66. The third-order valence-electron chi connectivity index (χ3n) is 4.44. The molecule has 3 atom stereocenters. The summed E-state index contributed by atoms with van der Waals surface area (Å²) in [5.41, 5.74) is -0.801.